The Labute approximate surface area is 131 Å². The van der Waals surface area contributed by atoms with E-state index in [4.69, 9.17) is 0 Å². The van der Waals surface area contributed by atoms with Crippen molar-refractivity contribution in [1.29, 1.82) is 0 Å². The van der Waals surface area contributed by atoms with Crippen LogP contribution in [0.4, 0.5) is 0 Å². The topological polar surface area (TPSA) is 49.0 Å². The van der Waals surface area contributed by atoms with E-state index in [2.05, 4.69) is 49.8 Å². The van der Waals surface area contributed by atoms with Crippen molar-refractivity contribution >= 4 is 5.91 Å². The zero-order chi connectivity index (χ0) is 15.9. The molecule has 2 heterocycles. The fourth-order valence-electron chi connectivity index (χ4n) is 3.09. The van der Waals surface area contributed by atoms with Crippen molar-refractivity contribution in [2.45, 2.75) is 45.6 Å². The van der Waals surface area contributed by atoms with Crippen molar-refractivity contribution < 1.29 is 4.79 Å². The maximum atomic E-state index is 12.2. The molecule has 22 heavy (non-hydrogen) atoms. The summed E-state index contributed by atoms with van der Waals surface area (Å²) in [7, 11) is 0. The summed E-state index contributed by atoms with van der Waals surface area (Å²) in [4.78, 5) is 22.1. The number of hydrogen-bond acceptors (Lipinski definition) is 2. The van der Waals surface area contributed by atoms with Gasteiger partial charge in [0.15, 0.2) is 0 Å². The van der Waals surface area contributed by atoms with E-state index in [1.165, 1.54) is 11.1 Å². The number of benzene rings is 1. The van der Waals surface area contributed by atoms with Crippen molar-refractivity contribution in [2.24, 2.45) is 0 Å². The summed E-state index contributed by atoms with van der Waals surface area (Å²) in [6.45, 7) is 9.07. The van der Waals surface area contributed by atoms with Crippen LogP contribution in [-0.2, 0) is 4.79 Å². The Morgan fingerprint density at radius 1 is 1.27 bits per heavy atom. The molecular formula is C18H23N3O. The lowest BCUT2D eigenvalue weighted by atomic mass is 10.1. The van der Waals surface area contributed by atoms with Gasteiger partial charge in [-0.05, 0) is 33.3 Å². The molecule has 0 bridgehead atoms. The number of amides is 1. The number of aromatic nitrogens is 2. The number of H-pyrrole nitrogens is 1. The van der Waals surface area contributed by atoms with E-state index in [-0.39, 0.29) is 17.4 Å². The number of aryl methyl sites for hydroxylation is 1. The molecule has 1 fully saturated rings. The monoisotopic (exact) mass is 297 g/mol. The summed E-state index contributed by atoms with van der Waals surface area (Å²) in [5.41, 5.74) is 3.28. The maximum absolute atomic E-state index is 12.2. The molecule has 1 N–H and O–H groups in total. The van der Waals surface area contributed by atoms with Crippen molar-refractivity contribution in [3.63, 3.8) is 0 Å². The fourth-order valence-corrected chi connectivity index (χ4v) is 3.09. The number of imidazole rings is 1. The molecule has 1 aromatic heterocycles. The van der Waals surface area contributed by atoms with E-state index < -0.39 is 0 Å². The summed E-state index contributed by atoms with van der Waals surface area (Å²) in [6.07, 6.45) is 2.42. The Morgan fingerprint density at radius 3 is 2.64 bits per heavy atom. The lowest BCUT2D eigenvalue weighted by molar-refractivity contribution is -0.131. The van der Waals surface area contributed by atoms with Gasteiger partial charge in [-0.1, -0.05) is 24.3 Å². The predicted octanol–water partition coefficient (Wildman–Crippen LogP) is 3.50. The summed E-state index contributed by atoms with van der Waals surface area (Å²) < 4.78 is 0. The van der Waals surface area contributed by atoms with Gasteiger partial charge in [-0.3, -0.25) is 4.79 Å². The van der Waals surface area contributed by atoms with Crippen LogP contribution in [0.25, 0.3) is 11.3 Å². The van der Waals surface area contributed by atoms with Gasteiger partial charge in [0.05, 0.1) is 11.9 Å². The van der Waals surface area contributed by atoms with Crippen LogP contribution in [0.1, 0.15) is 44.5 Å². The first-order valence-corrected chi connectivity index (χ1v) is 7.77. The Balaban J connectivity index is 1.84. The molecule has 0 saturated carbocycles. The molecule has 1 amide bonds. The Morgan fingerprint density at radius 2 is 2.00 bits per heavy atom. The van der Waals surface area contributed by atoms with Gasteiger partial charge in [-0.25, -0.2) is 4.98 Å². The quantitative estimate of drug-likeness (QED) is 0.922. The second-order valence-electron chi connectivity index (χ2n) is 7.07. The molecule has 0 radical (unpaired) electrons. The molecule has 116 valence electrons. The second kappa shape index (κ2) is 5.27. The first-order valence-electron chi connectivity index (χ1n) is 7.77. The molecule has 1 aliphatic heterocycles. The third kappa shape index (κ3) is 2.65. The highest BCUT2D eigenvalue weighted by Crippen LogP contribution is 2.32. The van der Waals surface area contributed by atoms with Crippen LogP contribution in [0, 0.1) is 6.92 Å². The Bertz CT molecular complexity index is 696. The highest BCUT2D eigenvalue weighted by atomic mass is 16.2. The molecule has 0 aliphatic carbocycles. The third-order valence-corrected chi connectivity index (χ3v) is 4.35. The lowest BCUT2D eigenvalue weighted by Gasteiger charge is -2.31. The normalized spacial score (nSPS) is 19.0. The molecule has 3 rings (SSSR count). The minimum absolute atomic E-state index is 0.128. The van der Waals surface area contributed by atoms with E-state index in [0.717, 1.165) is 18.1 Å². The molecule has 0 spiro atoms. The maximum Gasteiger partial charge on any atom is 0.223 e. The lowest BCUT2D eigenvalue weighted by Crippen LogP contribution is -2.42. The van der Waals surface area contributed by atoms with Crippen LogP contribution >= 0.6 is 0 Å². The van der Waals surface area contributed by atoms with Crippen LogP contribution < -0.4 is 0 Å². The number of likely N-dealkylation sites (tertiary alicyclic amines) is 1. The summed E-state index contributed by atoms with van der Waals surface area (Å²) in [5.74, 6) is 1.29. The average Bonchev–Trinajstić information content (AvgIpc) is 3.05. The van der Waals surface area contributed by atoms with E-state index >= 15 is 0 Å². The summed E-state index contributed by atoms with van der Waals surface area (Å²) >= 11 is 0. The average molecular weight is 297 g/mol. The van der Waals surface area contributed by atoms with Crippen molar-refractivity contribution in [3.05, 3.63) is 41.9 Å². The van der Waals surface area contributed by atoms with E-state index in [1.807, 2.05) is 23.2 Å². The molecule has 4 nitrogen and oxygen atoms in total. The third-order valence-electron chi connectivity index (χ3n) is 4.35. The zero-order valence-corrected chi connectivity index (χ0v) is 13.7. The number of hydrogen-bond donors (Lipinski definition) is 1. The minimum Gasteiger partial charge on any atom is -0.342 e. The van der Waals surface area contributed by atoms with Gasteiger partial charge in [0.1, 0.15) is 5.82 Å². The van der Waals surface area contributed by atoms with Gasteiger partial charge in [-0.15, -0.1) is 0 Å². The van der Waals surface area contributed by atoms with Gasteiger partial charge >= 0.3 is 0 Å². The molecule has 2 aromatic rings. The predicted molar refractivity (Wildman–Crippen MR) is 87.6 cm³/mol. The Hall–Kier alpha value is -2.10. The number of nitrogens with zero attached hydrogens (tertiary/aromatic N) is 2. The zero-order valence-electron chi connectivity index (χ0n) is 13.7. The van der Waals surface area contributed by atoms with Crippen molar-refractivity contribution in [3.8, 4) is 11.3 Å². The molecule has 4 heteroatoms. The first kappa shape index (κ1) is 14.8. The van der Waals surface area contributed by atoms with Gasteiger partial charge in [0, 0.05) is 30.0 Å². The van der Waals surface area contributed by atoms with Crippen molar-refractivity contribution in [1.82, 2.24) is 14.9 Å². The summed E-state index contributed by atoms with van der Waals surface area (Å²) in [5, 5.41) is 0. The first-order chi connectivity index (χ1) is 10.4. The van der Waals surface area contributed by atoms with Crippen molar-refractivity contribution in [2.75, 3.05) is 6.54 Å². The molecule has 1 aliphatic rings. The van der Waals surface area contributed by atoms with Gasteiger partial charge in [-0.2, -0.15) is 0 Å². The van der Waals surface area contributed by atoms with Crippen LogP contribution in [-0.4, -0.2) is 32.9 Å². The van der Waals surface area contributed by atoms with E-state index in [0.29, 0.717) is 6.42 Å². The number of rotatable bonds is 2. The molecule has 1 aromatic carbocycles. The second-order valence-corrected chi connectivity index (χ2v) is 7.07. The van der Waals surface area contributed by atoms with Crippen LogP contribution in [0.15, 0.2) is 30.5 Å². The van der Waals surface area contributed by atoms with Crippen LogP contribution in [0.2, 0.25) is 0 Å². The number of nitrogens with one attached hydrogen (secondary N) is 1. The van der Waals surface area contributed by atoms with Gasteiger partial charge in [0.2, 0.25) is 5.91 Å². The number of carbonyl (C=O) groups is 1. The minimum atomic E-state index is -0.128. The summed E-state index contributed by atoms with van der Waals surface area (Å²) in [6, 6.07) is 8.25. The standard InChI is InChI=1S/C18H23N3O/c1-12-7-5-6-8-14(12)15-10-19-17(20-15)13-9-16(22)21(11-13)18(2,3)4/h5-8,10,13H,9,11H2,1-4H3,(H,19,20)/t13-/m0/s1. The van der Waals surface area contributed by atoms with Crippen LogP contribution in [0.5, 0.6) is 0 Å². The fraction of sp³-hybridized carbons (Fsp3) is 0.444. The van der Waals surface area contributed by atoms with E-state index in [9.17, 15) is 4.79 Å². The molecular weight excluding hydrogens is 274 g/mol. The highest BCUT2D eigenvalue weighted by molar-refractivity contribution is 5.80. The van der Waals surface area contributed by atoms with Gasteiger partial charge in [0.25, 0.3) is 0 Å². The molecule has 1 saturated heterocycles. The molecule has 1 atom stereocenters. The SMILES string of the molecule is Cc1ccccc1-c1cnc([C@H]2CC(=O)N(C(C)(C)C)C2)[nH]1. The van der Waals surface area contributed by atoms with Gasteiger partial charge < -0.3 is 9.88 Å². The number of aromatic amines is 1. The highest BCUT2D eigenvalue weighted by Gasteiger charge is 2.37. The smallest absolute Gasteiger partial charge is 0.223 e. The Kier molecular flexibility index (Phi) is 3.55. The van der Waals surface area contributed by atoms with Crippen LogP contribution in [0.3, 0.4) is 0 Å². The molecule has 0 unspecified atom stereocenters. The number of carbonyl (C=O) groups excluding carboxylic acids is 1. The van der Waals surface area contributed by atoms with E-state index in [1.54, 1.807) is 0 Å². The largest absolute Gasteiger partial charge is 0.342 e.